The first-order valence-corrected chi connectivity index (χ1v) is 8.95. The van der Waals surface area contributed by atoms with Crippen LogP contribution in [0.3, 0.4) is 0 Å². The van der Waals surface area contributed by atoms with Gasteiger partial charge in [0.2, 0.25) is 0 Å². The summed E-state index contributed by atoms with van der Waals surface area (Å²) in [6.45, 7) is 2.25. The number of hydrogen-bond donors (Lipinski definition) is 1. The number of anilines is 1. The zero-order chi connectivity index (χ0) is 13.9. The molecule has 106 valence electrons. The van der Waals surface area contributed by atoms with E-state index in [2.05, 4.69) is 12.2 Å². The van der Waals surface area contributed by atoms with Crippen molar-refractivity contribution in [2.24, 2.45) is 5.92 Å². The third kappa shape index (κ3) is 3.72. The van der Waals surface area contributed by atoms with Crippen molar-refractivity contribution in [2.75, 3.05) is 11.6 Å². The highest BCUT2D eigenvalue weighted by molar-refractivity contribution is 7.90. The molecule has 0 amide bonds. The molecule has 19 heavy (non-hydrogen) atoms. The fraction of sp³-hybridized carbons (Fsp3) is 0.600. The van der Waals surface area contributed by atoms with Gasteiger partial charge in [0.1, 0.15) is 0 Å². The van der Waals surface area contributed by atoms with Gasteiger partial charge in [-0.25, -0.2) is 8.42 Å². The van der Waals surface area contributed by atoms with Crippen LogP contribution < -0.4 is 5.32 Å². The van der Waals surface area contributed by atoms with Crippen molar-refractivity contribution in [2.45, 2.75) is 50.0 Å². The molecule has 0 aliphatic heterocycles. The van der Waals surface area contributed by atoms with Crippen molar-refractivity contribution in [3.8, 4) is 0 Å². The average molecular weight is 281 g/mol. The molecule has 1 aromatic rings. The second kappa shape index (κ2) is 5.95. The van der Waals surface area contributed by atoms with Crippen LogP contribution in [0.1, 0.15) is 39.0 Å². The molecule has 0 bridgehead atoms. The van der Waals surface area contributed by atoms with Gasteiger partial charge in [0.25, 0.3) is 0 Å². The Labute approximate surface area is 116 Å². The van der Waals surface area contributed by atoms with Gasteiger partial charge in [-0.3, -0.25) is 0 Å². The minimum absolute atomic E-state index is 0.408. The molecule has 4 heteroatoms. The zero-order valence-electron chi connectivity index (χ0n) is 11.7. The highest BCUT2D eigenvalue weighted by Gasteiger charge is 2.21. The average Bonchev–Trinajstić information content (AvgIpc) is 2.39. The molecular weight excluding hydrogens is 258 g/mol. The molecule has 1 aliphatic rings. The normalized spacial score (nSPS) is 24.1. The summed E-state index contributed by atoms with van der Waals surface area (Å²) < 4.78 is 23.5. The first-order valence-electron chi connectivity index (χ1n) is 7.06. The second-order valence-corrected chi connectivity index (χ2v) is 7.52. The van der Waals surface area contributed by atoms with E-state index < -0.39 is 9.84 Å². The third-order valence-electron chi connectivity index (χ3n) is 4.07. The Bertz CT molecular complexity index is 517. The van der Waals surface area contributed by atoms with Gasteiger partial charge in [-0.05, 0) is 43.7 Å². The summed E-state index contributed by atoms with van der Waals surface area (Å²) >= 11 is 0. The van der Waals surface area contributed by atoms with Gasteiger partial charge in [-0.2, -0.15) is 0 Å². The van der Waals surface area contributed by atoms with E-state index in [-0.39, 0.29) is 0 Å². The van der Waals surface area contributed by atoms with Crippen LogP contribution in [0.5, 0.6) is 0 Å². The van der Waals surface area contributed by atoms with Crippen LogP contribution in [0.4, 0.5) is 5.69 Å². The zero-order valence-corrected chi connectivity index (χ0v) is 12.5. The summed E-state index contributed by atoms with van der Waals surface area (Å²) in [7, 11) is -3.16. The molecule has 1 fully saturated rings. The lowest BCUT2D eigenvalue weighted by molar-refractivity contribution is 0.330. The number of nitrogens with one attached hydrogen (secondary N) is 1. The Morgan fingerprint density at radius 3 is 2.37 bits per heavy atom. The summed E-state index contributed by atoms with van der Waals surface area (Å²) in [6, 6.07) is 7.60. The van der Waals surface area contributed by atoms with Gasteiger partial charge in [0, 0.05) is 12.3 Å². The lowest BCUT2D eigenvalue weighted by Crippen LogP contribution is -2.26. The molecule has 0 radical (unpaired) electrons. The number of benzene rings is 1. The maximum Gasteiger partial charge on any atom is 0.177 e. The molecule has 0 unspecified atom stereocenters. The predicted molar refractivity (Wildman–Crippen MR) is 79.2 cm³/mol. The van der Waals surface area contributed by atoms with Gasteiger partial charge < -0.3 is 5.32 Å². The van der Waals surface area contributed by atoms with Crippen molar-refractivity contribution >= 4 is 15.5 Å². The summed E-state index contributed by atoms with van der Waals surface area (Å²) in [5, 5.41) is 3.42. The monoisotopic (exact) mass is 281 g/mol. The highest BCUT2D eigenvalue weighted by atomic mass is 32.2. The molecule has 3 nitrogen and oxygen atoms in total. The van der Waals surface area contributed by atoms with Crippen molar-refractivity contribution in [3.63, 3.8) is 0 Å². The minimum Gasteiger partial charge on any atom is -0.381 e. The van der Waals surface area contributed by atoms with Gasteiger partial charge in [-0.15, -0.1) is 0 Å². The van der Waals surface area contributed by atoms with E-state index in [9.17, 15) is 8.42 Å². The van der Waals surface area contributed by atoms with Crippen molar-refractivity contribution in [3.05, 3.63) is 24.3 Å². The molecule has 0 heterocycles. The SMILES string of the molecule is CCC1CCC(Nc2ccccc2S(C)(=O)=O)CC1. The molecule has 1 N–H and O–H groups in total. The van der Waals surface area contributed by atoms with Crippen LogP contribution in [0, 0.1) is 5.92 Å². The van der Waals surface area contributed by atoms with Crippen molar-refractivity contribution < 1.29 is 8.42 Å². The fourth-order valence-electron chi connectivity index (χ4n) is 2.84. The molecule has 0 saturated heterocycles. The minimum atomic E-state index is -3.16. The highest BCUT2D eigenvalue weighted by Crippen LogP contribution is 2.30. The maximum absolute atomic E-state index is 11.8. The Morgan fingerprint density at radius 1 is 1.16 bits per heavy atom. The largest absolute Gasteiger partial charge is 0.381 e. The number of para-hydroxylation sites is 1. The van der Waals surface area contributed by atoms with Gasteiger partial charge in [0.15, 0.2) is 9.84 Å². The Balaban J connectivity index is 2.08. The van der Waals surface area contributed by atoms with Crippen LogP contribution in [0.25, 0.3) is 0 Å². The van der Waals surface area contributed by atoms with Crippen LogP contribution in [-0.4, -0.2) is 20.7 Å². The van der Waals surface area contributed by atoms with E-state index in [1.807, 2.05) is 12.1 Å². The van der Waals surface area contributed by atoms with Gasteiger partial charge in [0.05, 0.1) is 10.6 Å². The van der Waals surface area contributed by atoms with Crippen molar-refractivity contribution in [1.29, 1.82) is 0 Å². The predicted octanol–water partition coefficient (Wildman–Crippen LogP) is 3.47. The molecular formula is C15H23NO2S. The van der Waals surface area contributed by atoms with Gasteiger partial charge >= 0.3 is 0 Å². The molecule has 0 aromatic heterocycles. The van der Waals surface area contributed by atoms with Crippen LogP contribution >= 0.6 is 0 Å². The second-order valence-electron chi connectivity index (χ2n) is 5.54. The summed E-state index contributed by atoms with van der Waals surface area (Å²) in [4.78, 5) is 0.410. The number of hydrogen-bond acceptors (Lipinski definition) is 3. The Kier molecular flexibility index (Phi) is 4.50. The van der Waals surface area contributed by atoms with E-state index in [1.54, 1.807) is 12.1 Å². The Morgan fingerprint density at radius 2 is 1.79 bits per heavy atom. The molecule has 1 aromatic carbocycles. The Hall–Kier alpha value is -1.03. The first kappa shape index (κ1) is 14.4. The van der Waals surface area contributed by atoms with E-state index in [0.29, 0.717) is 10.9 Å². The van der Waals surface area contributed by atoms with E-state index in [0.717, 1.165) is 24.4 Å². The fourth-order valence-corrected chi connectivity index (χ4v) is 3.70. The molecule has 0 atom stereocenters. The lowest BCUT2D eigenvalue weighted by Gasteiger charge is -2.29. The van der Waals surface area contributed by atoms with E-state index in [4.69, 9.17) is 0 Å². The maximum atomic E-state index is 11.8. The molecule has 1 saturated carbocycles. The van der Waals surface area contributed by atoms with Gasteiger partial charge in [-0.1, -0.05) is 25.5 Å². The van der Waals surface area contributed by atoms with E-state index >= 15 is 0 Å². The standard InChI is InChI=1S/C15H23NO2S/c1-3-12-8-10-13(11-9-12)16-14-6-4-5-7-15(14)19(2,17)18/h4-7,12-13,16H,3,8-11H2,1-2H3. The molecule has 2 rings (SSSR count). The van der Waals surface area contributed by atoms with Crippen molar-refractivity contribution in [1.82, 2.24) is 0 Å². The van der Waals surface area contributed by atoms with Crippen LogP contribution in [0.2, 0.25) is 0 Å². The lowest BCUT2D eigenvalue weighted by atomic mass is 9.84. The summed E-state index contributed by atoms with van der Waals surface area (Å²) in [5.74, 6) is 0.850. The first-order chi connectivity index (χ1) is 9.00. The number of rotatable bonds is 4. The quantitative estimate of drug-likeness (QED) is 0.919. The molecule has 0 spiro atoms. The van der Waals surface area contributed by atoms with Crippen LogP contribution in [0.15, 0.2) is 29.2 Å². The molecule has 1 aliphatic carbocycles. The summed E-state index contributed by atoms with van der Waals surface area (Å²) in [6.07, 6.45) is 7.28. The smallest absolute Gasteiger partial charge is 0.177 e. The number of sulfone groups is 1. The topological polar surface area (TPSA) is 46.2 Å². The summed E-state index contributed by atoms with van der Waals surface area (Å²) in [5.41, 5.74) is 0.755. The third-order valence-corrected chi connectivity index (χ3v) is 5.23. The van der Waals surface area contributed by atoms with E-state index in [1.165, 1.54) is 25.5 Å². The van der Waals surface area contributed by atoms with Crippen LogP contribution in [-0.2, 0) is 9.84 Å².